The molecule has 0 unspecified atom stereocenters. The van der Waals surface area contributed by atoms with E-state index in [1.807, 2.05) is 82.0 Å². The molecule has 1 amide bonds. The van der Waals surface area contributed by atoms with E-state index in [9.17, 15) is 4.79 Å². The number of rotatable bonds is 5. The van der Waals surface area contributed by atoms with Crippen LogP contribution in [0.2, 0.25) is 0 Å². The van der Waals surface area contributed by atoms with Crippen LogP contribution in [-0.4, -0.2) is 23.4 Å². The molecule has 0 saturated carbocycles. The van der Waals surface area contributed by atoms with Gasteiger partial charge in [0.2, 0.25) is 5.91 Å². The minimum atomic E-state index is -1.12. The van der Waals surface area contributed by atoms with Crippen LogP contribution >= 0.6 is 12.2 Å². The Kier molecular flexibility index (Phi) is 6.36. The average Bonchev–Trinajstić information content (AvgIpc) is 2.82. The topological polar surface area (TPSA) is 62.8 Å². The number of hydrogen-bond donors (Lipinski definition) is 2. The van der Waals surface area contributed by atoms with E-state index in [0.29, 0.717) is 23.2 Å². The summed E-state index contributed by atoms with van der Waals surface area (Å²) in [4.78, 5) is 16.1. The van der Waals surface area contributed by atoms with Gasteiger partial charge in [-0.15, -0.1) is 0 Å². The molecule has 7 heteroatoms. The summed E-state index contributed by atoms with van der Waals surface area (Å²) in [7, 11) is 0. The number of fused-ring (bicyclic) bond motifs is 4. The van der Waals surface area contributed by atoms with E-state index >= 15 is 0 Å². The van der Waals surface area contributed by atoms with Gasteiger partial charge in [-0.05, 0) is 83.1 Å². The van der Waals surface area contributed by atoms with Crippen LogP contribution in [0.25, 0.3) is 0 Å². The van der Waals surface area contributed by atoms with E-state index in [1.165, 1.54) is 0 Å². The van der Waals surface area contributed by atoms with Gasteiger partial charge in [-0.2, -0.15) is 0 Å². The third-order valence-electron chi connectivity index (χ3n) is 7.30. The minimum Gasteiger partial charge on any atom is -0.490 e. The molecule has 0 aliphatic carbocycles. The van der Waals surface area contributed by atoms with Crippen LogP contribution in [0.15, 0.2) is 54.6 Å². The number of thiocarbonyl (C=S) groups is 1. The Morgan fingerprint density at radius 1 is 1.08 bits per heavy atom. The fourth-order valence-electron chi connectivity index (χ4n) is 5.62. The van der Waals surface area contributed by atoms with Crippen LogP contribution in [0.4, 0.5) is 11.4 Å². The molecule has 37 heavy (non-hydrogen) atoms. The number of nitrogens with zero attached hydrogens (tertiary/aromatic N) is 1. The molecular weight excluding hydrogens is 482 g/mol. The van der Waals surface area contributed by atoms with Gasteiger partial charge in [0.25, 0.3) is 0 Å². The first kappa shape index (κ1) is 25.1. The van der Waals surface area contributed by atoms with Crippen molar-refractivity contribution >= 4 is 34.6 Å². The predicted octanol–water partition coefficient (Wildman–Crippen LogP) is 6.12. The zero-order chi connectivity index (χ0) is 26.5. The van der Waals surface area contributed by atoms with Gasteiger partial charge in [0.05, 0.1) is 12.6 Å². The molecule has 3 atom stereocenters. The molecule has 2 bridgehead atoms. The molecule has 2 heterocycles. The van der Waals surface area contributed by atoms with Crippen molar-refractivity contribution in [2.45, 2.75) is 53.3 Å². The van der Waals surface area contributed by atoms with E-state index in [4.69, 9.17) is 21.7 Å². The Labute approximate surface area is 224 Å². The Morgan fingerprint density at radius 3 is 2.46 bits per heavy atom. The van der Waals surface area contributed by atoms with E-state index in [2.05, 4.69) is 29.7 Å². The van der Waals surface area contributed by atoms with Gasteiger partial charge in [-0.3, -0.25) is 9.69 Å². The second kappa shape index (κ2) is 9.38. The molecule has 3 aromatic rings. The molecular formula is C30H33N3O3S. The number of para-hydroxylation sites is 1. The first-order chi connectivity index (χ1) is 17.6. The molecule has 1 fully saturated rings. The van der Waals surface area contributed by atoms with Crippen molar-refractivity contribution in [2.24, 2.45) is 5.92 Å². The third kappa shape index (κ3) is 4.21. The highest BCUT2D eigenvalue weighted by Gasteiger charge is 2.59. The lowest BCUT2D eigenvalue weighted by Crippen LogP contribution is -2.72. The number of aryl methyl sites for hydroxylation is 4. The summed E-state index contributed by atoms with van der Waals surface area (Å²) in [6.45, 7) is 12.5. The van der Waals surface area contributed by atoms with Gasteiger partial charge in [0.15, 0.2) is 22.3 Å². The molecule has 2 N–H and O–H groups in total. The monoisotopic (exact) mass is 515 g/mol. The summed E-state index contributed by atoms with van der Waals surface area (Å²) in [5.74, 6) is 0.526. The summed E-state index contributed by atoms with van der Waals surface area (Å²) in [5, 5.41) is 7.19. The van der Waals surface area contributed by atoms with Crippen molar-refractivity contribution < 1.29 is 14.3 Å². The summed E-state index contributed by atoms with van der Waals surface area (Å²) in [6, 6.07) is 17.6. The highest BCUT2D eigenvalue weighted by Crippen LogP contribution is 2.53. The smallest absolute Gasteiger partial charge is 0.236 e. The Balaban J connectivity index is 1.66. The minimum absolute atomic E-state index is 0.142. The van der Waals surface area contributed by atoms with Gasteiger partial charge in [-0.25, -0.2) is 0 Å². The third-order valence-corrected chi connectivity index (χ3v) is 7.61. The SMILES string of the molecule is CCOc1cccc2c1O[C@@]1(C)[C@H](C(=O)Nc3ccc(C)cc3C)[C@H]2NC(=S)N1c1ccc(C)cc1C. The molecule has 0 aromatic heterocycles. The maximum absolute atomic E-state index is 14.1. The van der Waals surface area contributed by atoms with E-state index in [1.54, 1.807) is 0 Å². The van der Waals surface area contributed by atoms with Crippen LogP contribution in [0.5, 0.6) is 11.5 Å². The Hall–Kier alpha value is -3.58. The maximum atomic E-state index is 14.1. The first-order valence-electron chi connectivity index (χ1n) is 12.6. The van der Waals surface area contributed by atoms with Crippen LogP contribution in [0.3, 0.4) is 0 Å². The number of anilines is 2. The summed E-state index contributed by atoms with van der Waals surface area (Å²) in [6.07, 6.45) is 0. The molecule has 2 aliphatic rings. The molecule has 1 saturated heterocycles. The normalized spacial score (nSPS) is 22.0. The van der Waals surface area contributed by atoms with Gasteiger partial charge < -0.3 is 20.1 Å². The average molecular weight is 516 g/mol. The zero-order valence-electron chi connectivity index (χ0n) is 22.1. The van der Waals surface area contributed by atoms with Gasteiger partial charge in [-0.1, -0.05) is 47.5 Å². The molecule has 6 nitrogen and oxygen atoms in total. The largest absolute Gasteiger partial charge is 0.490 e. The van der Waals surface area contributed by atoms with Crippen LogP contribution < -0.4 is 25.0 Å². The first-order valence-corrected chi connectivity index (χ1v) is 13.1. The van der Waals surface area contributed by atoms with Crippen molar-refractivity contribution in [2.75, 3.05) is 16.8 Å². The fraction of sp³-hybridized carbons (Fsp3) is 0.333. The number of amides is 1. The number of ether oxygens (including phenoxy) is 2. The molecule has 0 spiro atoms. The van der Waals surface area contributed by atoms with Crippen molar-refractivity contribution in [3.05, 3.63) is 82.4 Å². The van der Waals surface area contributed by atoms with Crippen LogP contribution in [-0.2, 0) is 4.79 Å². The van der Waals surface area contributed by atoms with Gasteiger partial charge >= 0.3 is 0 Å². The van der Waals surface area contributed by atoms with Crippen molar-refractivity contribution in [1.82, 2.24) is 5.32 Å². The summed E-state index contributed by atoms with van der Waals surface area (Å²) < 4.78 is 12.8. The fourth-order valence-corrected chi connectivity index (χ4v) is 6.03. The van der Waals surface area contributed by atoms with E-state index in [-0.39, 0.29) is 5.91 Å². The molecule has 0 radical (unpaired) electrons. The maximum Gasteiger partial charge on any atom is 0.236 e. The Morgan fingerprint density at radius 2 is 1.78 bits per heavy atom. The molecule has 5 rings (SSSR count). The van der Waals surface area contributed by atoms with Gasteiger partial charge in [0.1, 0.15) is 5.92 Å². The summed E-state index contributed by atoms with van der Waals surface area (Å²) >= 11 is 5.92. The van der Waals surface area contributed by atoms with E-state index in [0.717, 1.165) is 39.2 Å². The highest BCUT2D eigenvalue weighted by molar-refractivity contribution is 7.80. The summed E-state index contributed by atoms with van der Waals surface area (Å²) in [5.41, 5.74) is 5.77. The lowest BCUT2D eigenvalue weighted by atomic mass is 9.78. The van der Waals surface area contributed by atoms with Crippen molar-refractivity contribution in [3.63, 3.8) is 0 Å². The molecule has 192 valence electrons. The lowest BCUT2D eigenvalue weighted by Gasteiger charge is -2.56. The van der Waals surface area contributed by atoms with E-state index < -0.39 is 17.7 Å². The zero-order valence-corrected chi connectivity index (χ0v) is 23.0. The highest BCUT2D eigenvalue weighted by atomic mass is 32.1. The molecule has 3 aromatic carbocycles. The van der Waals surface area contributed by atoms with Crippen molar-refractivity contribution in [1.29, 1.82) is 0 Å². The predicted molar refractivity (Wildman–Crippen MR) is 152 cm³/mol. The number of benzene rings is 3. The quantitative estimate of drug-likeness (QED) is 0.399. The second-order valence-electron chi connectivity index (χ2n) is 10.1. The molecule has 2 aliphatic heterocycles. The van der Waals surface area contributed by atoms with Crippen LogP contribution in [0, 0.1) is 33.6 Å². The Bertz CT molecular complexity index is 1400. The second-order valence-corrected chi connectivity index (χ2v) is 10.5. The number of carbonyl (C=O) groups is 1. The standard InChI is InChI=1S/C30H33N3O3S/c1-7-35-24-10-8-9-21-26-25(28(34)31-22-13-11-17(2)15-19(22)4)30(6,36-27(21)24)33(29(37)32-26)23-14-12-18(3)16-20(23)5/h8-16,25-26H,7H2,1-6H3,(H,31,34)(H,32,37)/t25-,26-,30-/m0/s1. The number of nitrogens with one attached hydrogen (secondary N) is 2. The number of hydrogen-bond acceptors (Lipinski definition) is 4. The van der Waals surface area contributed by atoms with Gasteiger partial charge in [0, 0.05) is 16.9 Å². The lowest BCUT2D eigenvalue weighted by molar-refractivity contribution is -0.130. The van der Waals surface area contributed by atoms with Crippen LogP contribution in [0.1, 0.15) is 47.7 Å². The van der Waals surface area contributed by atoms with Crippen molar-refractivity contribution in [3.8, 4) is 11.5 Å². The number of carbonyl (C=O) groups excluding carboxylic acids is 1.